The highest BCUT2D eigenvalue weighted by molar-refractivity contribution is 5.78. The van der Waals surface area contributed by atoms with E-state index in [1.807, 2.05) is 18.2 Å². The lowest BCUT2D eigenvalue weighted by atomic mass is 9.78. The molecule has 2 aliphatic rings. The van der Waals surface area contributed by atoms with Crippen molar-refractivity contribution in [2.75, 3.05) is 7.11 Å². The third-order valence-electron chi connectivity index (χ3n) is 7.82. The lowest BCUT2D eigenvalue weighted by Crippen LogP contribution is -2.21. The smallest absolute Gasteiger partial charge is 0.307 e. The van der Waals surface area contributed by atoms with Gasteiger partial charge in [-0.3, -0.25) is 4.79 Å². The summed E-state index contributed by atoms with van der Waals surface area (Å²) >= 11 is 0. The van der Waals surface area contributed by atoms with Gasteiger partial charge in [0.05, 0.1) is 13.0 Å². The fourth-order valence-electron chi connectivity index (χ4n) is 5.98. The molecule has 1 N–H and O–H groups in total. The second kappa shape index (κ2) is 9.51. The van der Waals surface area contributed by atoms with Gasteiger partial charge in [0, 0.05) is 11.0 Å². The van der Waals surface area contributed by atoms with Crippen molar-refractivity contribution in [2.45, 2.75) is 64.9 Å². The summed E-state index contributed by atoms with van der Waals surface area (Å²) in [6, 6.07) is 17.1. The molecule has 5 rings (SSSR count). The van der Waals surface area contributed by atoms with Gasteiger partial charge in [0.2, 0.25) is 0 Å². The Kier molecular flexibility index (Phi) is 6.51. The van der Waals surface area contributed by atoms with E-state index in [1.54, 1.807) is 19.2 Å². The number of ether oxygens (including phenoxy) is 2. The van der Waals surface area contributed by atoms with Gasteiger partial charge in [-0.05, 0) is 95.7 Å². The topological polar surface area (TPSA) is 55.8 Å². The van der Waals surface area contributed by atoms with E-state index in [4.69, 9.17) is 9.47 Å². The van der Waals surface area contributed by atoms with Crippen LogP contribution in [0, 0.1) is 17.2 Å². The van der Waals surface area contributed by atoms with E-state index in [-0.39, 0.29) is 22.6 Å². The molecular formula is C32H35FO4. The van der Waals surface area contributed by atoms with E-state index in [0.717, 1.165) is 60.1 Å². The number of benzene rings is 3. The monoisotopic (exact) mass is 502 g/mol. The zero-order valence-electron chi connectivity index (χ0n) is 22.1. The fraction of sp³-hybridized carbons (Fsp3) is 0.406. The molecular weight excluding hydrogens is 467 g/mol. The summed E-state index contributed by atoms with van der Waals surface area (Å²) < 4.78 is 26.4. The first kappa shape index (κ1) is 25.3. The summed E-state index contributed by atoms with van der Waals surface area (Å²) in [6.45, 7) is 6.90. The predicted octanol–water partition coefficient (Wildman–Crippen LogP) is 7.35. The van der Waals surface area contributed by atoms with Crippen LogP contribution in [0.15, 0.2) is 54.6 Å². The van der Waals surface area contributed by atoms with Gasteiger partial charge in [0.15, 0.2) is 0 Å². The highest BCUT2D eigenvalue weighted by atomic mass is 19.1. The summed E-state index contributed by atoms with van der Waals surface area (Å²) in [5.74, 6) is 0.125. The minimum absolute atomic E-state index is 0.0152. The Labute approximate surface area is 218 Å². The lowest BCUT2D eigenvalue weighted by Gasteiger charge is -2.26. The van der Waals surface area contributed by atoms with E-state index >= 15 is 0 Å². The van der Waals surface area contributed by atoms with Gasteiger partial charge in [-0.15, -0.1) is 0 Å². The number of halogens is 1. The normalized spacial score (nSPS) is 20.4. The molecule has 1 saturated carbocycles. The Balaban J connectivity index is 1.41. The van der Waals surface area contributed by atoms with Gasteiger partial charge in [0.25, 0.3) is 0 Å². The highest BCUT2D eigenvalue weighted by Crippen LogP contribution is 2.60. The van der Waals surface area contributed by atoms with Crippen LogP contribution in [-0.4, -0.2) is 18.2 Å². The molecule has 4 nitrogen and oxygen atoms in total. The van der Waals surface area contributed by atoms with Crippen molar-refractivity contribution in [2.24, 2.45) is 11.3 Å². The second-order valence-corrected chi connectivity index (χ2v) is 11.8. The predicted molar refractivity (Wildman–Crippen MR) is 143 cm³/mol. The first-order valence-corrected chi connectivity index (χ1v) is 13.0. The molecule has 3 aromatic rings. The van der Waals surface area contributed by atoms with Crippen molar-refractivity contribution >= 4 is 5.97 Å². The SMILES string of the molecule is COc1ccc(F)c(-c2ccc(COc3ccc4c(c3)[C@]3(CCC4)C[C@H]3C(=O)O)cc2CC(C)(C)C)c1. The standard InChI is InChI=1S/C32H35FO4/c1-31(2,3)17-22-14-20(7-11-25(22)26-15-23(36-4)10-12-29(26)33)19-37-24-9-8-21-6-5-13-32(27(21)16-24)18-28(32)30(34)35/h7-12,14-16,28H,5-6,13,17-19H2,1-4H3,(H,34,35)/t28-,32-/m0/s1. The molecule has 0 saturated heterocycles. The Hall–Kier alpha value is -3.34. The van der Waals surface area contributed by atoms with Crippen LogP contribution >= 0.6 is 0 Å². The molecule has 5 heteroatoms. The first-order valence-electron chi connectivity index (χ1n) is 13.0. The molecule has 0 bridgehead atoms. The number of carboxylic acids is 1. The molecule has 0 amide bonds. The number of aliphatic carboxylic acids is 1. The number of fused-ring (bicyclic) bond motifs is 2. The van der Waals surface area contributed by atoms with E-state index in [9.17, 15) is 14.3 Å². The third-order valence-corrected chi connectivity index (χ3v) is 7.82. The van der Waals surface area contributed by atoms with Crippen molar-refractivity contribution in [1.82, 2.24) is 0 Å². The van der Waals surface area contributed by atoms with E-state index in [1.165, 1.54) is 11.6 Å². The molecule has 194 valence electrons. The molecule has 2 aliphatic carbocycles. The average Bonchev–Trinajstić information content (AvgIpc) is 3.58. The zero-order chi connectivity index (χ0) is 26.4. The van der Waals surface area contributed by atoms with Crippen LogP contribution in [0.2, 0.25) is 0 Å². The lowest BCUT2D eigenvalue weighted by molar-refractivity contribution is -0.139. The molecule has 0 radical (unpaired) electrons. The minimum atomic E-state index is -0.696. The van der Waals surface area contributed by atoms with Crippen LogP contribution in [0.25, 0.3) is 11.1 Å². The number of rotatable bonds is 7. The summed E-state index contributed by atoms with van der Waals surface area (Å²) in [5.41, 5.74) is 5.66. The Morgan fingerprint density at radius 1 is 1.05 bits per heavy atom. The number of carboxylic acid groups (broad SMARTS) is 1. The number of methoxy groups -OCH3 is 1. The van der Waals surface area contributed by atoms with Gasteiger partial charge in [-0.25, -0.2) is 4.39 Å². The van der Waals surface area contributed by atoms with Crippen molar-refractivity contribution < 1.29 is 23.8 Å². The molecule has 2 atom stereocenters. The first-order chi connectivity index (χ1) is 17.6. The average molecular weight is 503 g/mol. The summed E-state index contributed by atoms with van der Waals surface area (Å²) in [4.78, 5) is 11.7. The van der Waals surface area contributed by atoms with Crippen LogP contribution in [0.4, 0.5) is 4.39 Å². The zero-order valence-corrected chi connectivity index (χ0v) is 22.1. The molecule has 0 heterocycles. The van der Waals surface area contributed by atoms with Crippen LogP contribution in [-0.2, 0) is 29.7 Å². The van der Waals surface area contributed by atoms with Crippen LogP contribution < -0.4 is 9.47 Å². The van der Waals surface area contributed by atoms with Gasteiger partial charge >= 0.3 is 5.97 Å². The molecule has 37 heavy (non-hydrogen) atoms. The van der Waals surface area contributed by atoms with Crippen LogP contribution in [0.3, 0.4) is 0 Å². The number of carbonyl (C=O) groups is 1. The number of aryl methyl sites for hydroxylation is 1. The van der Waals surface area contributed by atoms with Gasteiger partial charge in [-0.2, -0.15) is 0 Å². The summed E-state index contributed by atoms with van der Waals surface area (Å²) in [6.07, 6.45) is 4.46. The Morgan fingerprint density at radius 3 is 2.54 bits per heavy atom. The molecule has 3 aromatic carbocycles. The quantitative estimate of drug-likeness (QED) is 0.367. The molecule has 1 fully saturated rings. The molecule has 0 aliphatic heterocycles. The van der Waals surface area contributed by atoms with Crippen LogP contribution in [0.1, 0.15) is 62.3 Å². The number of hydrogen-bond donors (Lipinski definition) is 1. The van der Waals surface area contributed by atoms with Gasteiger partial charge in [-0.1, -0.05) is 45.0 Å². The minimum Gasteiger partial charge on any atom is -0.497 e. The van der Waals surface area contributed by atoms with E-state index < -0.39 is 5.97 Å². The van der Waals surface area contributed by atoms with E-state index in [0.29, 0.717) is 17.9 Å². The van der Waals surface area contributed by atoms with Crippen molar-refractivity contribution in [3.05, 3.63) is 82.7 Å². The summed E-state index contributed by atoms with van der Waals surface area (Å²) in [7, 11) is 1.58. The van der Waals surface area contributed by atoms with Crippen molar-refractivity contribution in [3.8, 4) is 22.6 Å². The van der Waals surface area contributed by atoms with Crippen LogP contribution in [0.5, 0.6) is 11.5 Å². The summed E-state index contributed by atoms with van der Waals surface area (Å²) in [5, 5.41) is 9.61. The van der Waals surface area contributed by atoms with Gasteiger partial charge < -0.3 is 14.6 Å². The van der Waals surface area contributed by atoms with Crippen molar-refractivity contribution in [1.29, 1.82) is 0 Å². The molecule has 0 unspecified atom stereocenters. The fourth-order valence-corrected chi connectivity index (χ4v) is 5.98. The van der Waals surface area contributed by atoms with Crippen molar-refractivity contribution in [3.63, 3.8) is 0 Å². The Morgan fingerprint density at radius 2 is 1.84 bits per heavy atom. The third kappa shape index (κ3) is 5.09. The maximum atomic E-state index is 14.8. The molecule has 1 spiro atoms. The highest BCUT2D eigenvalue weighted by Gasteiger charge is 2.60. The maximum Gasteiger partial charge on any atom is 0.307 e. The maximum absolute atomic E-state index is 14.8. The largest absolute Gasteiger partial charge is 0.497 e. The Bertz CT molecular complexity index is 1340. The molecule has 0 aromatic heterocycles. The van der Waals surface area contributed by atoms with Gasteiger partial charge in [0.1, 0.15) is 23.9 Å². The second-order valence-electron chi connectivity index (χ2n) is 11.8. The number of hydrogen-bond acceptors (Lipinski definition) is 3. The van der Waals surface area contributed by atoms with E-state index in [2.05, 4.69) is 39.0 Å².